The summed E-state index contributed by atoms with van der Waals surface area (Å²) in [6.45, 7) is 2.04. The quantitative estimate of drug-likeness (QED) is 0.328. The fourth-order valence-corrected chi connectivity index (χ4v) is 4.01. The summed E-state index contributed by atoms with van der Waals surface area (Å²) in [5.74, 6) is 0.432. The van der Waals surface area contributed by atoms with Gasteiger partial charge >= 0.3 is 0 Å². The van der Waals surface area contributed by atoms with Crippen molar-refractivity contribution in [2.24, 2.45) is 0 Å². The second-order valence-electron chi connectivity index (χ2n) is 7.89. The van der Waals surface area contributed by atoms with Crippen molar-refractivity contribution in [3.8, 4) is 0 Å². The fraction of sp³-hybridized carbons (Fsp3) is 0.0741. The van der Waals surface area contributed by atoms with Gasteiger partial charge in [0.25, 0.3) is 5.91 Å². The zero-order valence-corrected chi connectivity index (χ0v) is 18.8. The van der Waals surface area contributed by atoms with Crippen LogP contribution in [0.4, 0.5) is 5.69 Å². The summed E-state index contributed by atoms with van der Waals surface area (Å²) in [4.78, 5) is 17.3. The van der Waals surface area contributed by atoms with E-state index >= 15 is 0 Å². The molecule has 0 aliphatic heterocycles. The maximum absolute atomic E-state index is 12.8. The molecule has 0 unspecified atom stereocenters. The summed E-state index contributed by atoms with van der Waals surface area (Å²) in [5, 5.41) is 7.98. The Hall–Kier alpha value is -4.03. The largest absolute Gasteiger partial charge is 0.440 e. The van der Waals surface area contributed by atoms with E-state index in [1.165, 1.54) is 0 Å². The summed E-state index contributed by atoms with van der Waals surface area (Å²) in [7, 11) is 0. The molecule has 0 aliphatic carbocycles. The van der Waals surface area contributed by atoms with Crippen LogP contribution in [0.5, 0.6) is 0 Å². The molecule has 4 aromatic carbocycles. The summed E-state index contributed by atoms with van der Waals surface area (Å²) >= 11 is 5.35. The van der Waals surface area contributed by atoms with E-state index in [1.807, 2.05) is 85.8 Å². The Morgan fingerprint density at radius 2 is 1.76 bits per heavy atom. The lowest BCUT2D eigenvalue weighted by molar-refractivity contribution is 0.0979. The molecule has 0 saturated carbocycles. The molecule has 0 spiro atoms. The molecule has 6 heteroatoms. The first-order valence-electron chi connectivity index (χ1n) is 10.6. The number of oxazole rings is 1. The molecular formula is C27H21N3O2S. The maximum atomic E-state index is 12.8. The minimum absolute atomic E-state index is 0.243. The lowest BCUT2D eigenvalue weighted by Crippen LogP contribution is -2.34. The molecule has 1 amide bonds. The number of amides is 1. The van der Waals surface area contributed by atoms with Gasteiger partial charge in [-0.05, 0) is 71.4 Å². The van der Waals surface area contributed by atoms with Gasteiger partial charge in [0, 0.05) is 17.7 Å². The number of benzene rings is 4. The molecule has 162 valence electrons. The van der Waals surface area contributed by atoms with E-state index in [1.54, 1.807) is 6.07 Å². The van der Waals surface area contributed by atoms with Gasteiger partial charge in [0.1, 0.15) is 5.52 Å². The SMILES string of the molecule is Cc1ccc2oc(Cc3ccc(NC(=S)NC(=O)c4cccc5ccccc45)cc3)nc2c1. The lowest BCUT2D eigenvalue weighted by atomic mass is 10.0. The topological polar surface area (TPSA) is 67.2 Å². The number of aromatic nitrogens is 1. The standard InChI is InChI=1S/C27H21N3O2S/c1-17-9-14-24-23(15-17)29-25(32-24)16-18-10-12-20(13-11-18)28-27(33)30-26(31)22-8-4-6-19-5-2-3-7-21(19)22/h2-15H,16H2,1H3,(H2,28,30,31,33). The predicted molar refractivity (Wildman–Crippen MR) is 136 cm³/mol. The molecule has 2 N–H and O–H groups in total. The fourth-order valence-electron chi connectivity index (χ4n) is 3.80. The van der Waals surface area contributed by atoms with Crippen LogP contribution < -0.4 is 10.6 Å². The number of carbonyl (C=O) groups excluding carboxylic acids is 1. The Kier molecular flexibility index (Phi) is 5.59. The van der Waals surface area contributed by atoms with Crippen molar-refractivity contribution in [3.63, 3.8) is 0 Å². The smallest absolute Gasteiger partial charge is 0.258 e. The van der Waals surface area contributed by atoms with E-state index in [2.05, 4.69) is 15.6 Å². The number of hydrogen-bond donors (Lipinski definition) is 2. The Morgan fingerprint density at radius 1 is 0.970 bits per heavy atom. The van der Waals surface area contributed by atoms with E-state index in [9.17, 15) is 4.79 Å². The Bertz CT molecular complexity index is 1480. The Labute approximate surface area is 196 Å². The Balaban J connectivity index is 1.23. The highest BCUT2D eigenvalue weighted by Gasteiger charge is 2.12. The van der Waals surface area contributed by atoms with Gasteiger partial charge in [0.15, 0.2) is 16.6 Å². The Morgan fingerprint density at radius 3 is 2.61 bits per heavy atom. The number of fused-ring (bicyclic) bond motifs is 2. The average Bonchev–Trinajstić information content (AvgIpc) is 3.21. The molecule has 1 heterocycles. The van der Waals surface area contributed by atoms with Crippen LogP contribution >= 0.6 is 12.2 Å². The van der Waals surface area contributed by atoms with Crippen LogP contribution in [-0.2, 0) is 6.42 Å². The molecule has 0 fully saturated rings. The van der Waals surface area contributed by atoms with Crippen molar-refractivity contribution >= 4 is 50.8 Å². The molecule has 1 aromatic heterocycles. The molecule has 33 heavy (non-hydrogen) atoms. The monoisotopic (exact) mass is 451 g/mol. The van der Waals surface area contributed by atoms with Crippen LogP contribution in [0.3, 0.4) is 0 Å². The van der Waals surface area contributed by atoms with Crippen molar-refractivity contribution in [2.75, 3.05) is 5.32 Å². The molecule has 0 radical (unpaired) electrons. The van der Waals surface area contributed by atoms with E-state index in [-0.39, 0.29) is 11.0 Å². The van der Waals surface area contributed by atoms with Gasteiger partial charge in [-0.1, -0.05) is 54.6 Å². The zero-order valence-electron chi connectivity index (χ0n) is 18.0. The van der Waals surface area contributed by atoms with Gasteiger partial charge in [0.2, 0.25) is 0 Å². The van der Waals surface area contributed by atoms with Gasteiger partial charge in [-0.2, -0.15) is 0 Å². The van der Waals surface area contributed by atoms with E-state index in [0.717, 1.165) is 38.7 Å². The van der Waals surface area contributed by atoms with E-state index in [4.69, 9.17) is 16.6 Å². The van der Waals surface area contributed by atoms with Crippen molar-refractivity contribution < 1.29 is 9.21 Å². The molecule has 5 nitrogen and oxygen atoms in total. The first-order valence-corrected chi connectivity index (χ1v) is 11.0. The van der Waals surface area contributed by atoms with Crippen LogP contribution in [0.2, 0.25) is 0 Å². The number of hydrogen-bond acceptors (Lipinski definition) is 4. The first-order chi connectivity index (χ1) is 16.0. The zero-order chi connectivity index (χ0) is 22.8. The average molecular weight is 452 g/mol. The summed E-state index contributed by atoms with van der Waals surface area (Å²) in [6, 6.07) is 27.2. The first kappa shape index (κ1) is 20.8. The lowest BCUT2D eigenvalue weighted by Gasteiger charge is -2.11. The third-order valence-electron chi connectivity index (χ3n) is 5.42. The van der Waals surface area contributed by atoms with Crippen molar-refractivity contribution in [1.82, 2.24) is 10.3 Å². The van der Waals surface area contributed by atoms with Crippen LogP contribution in [0.25, 0.3) is 21.9 Å². The van der Waals surface area contributed by atoms with E-state index in [0.29, 0.717) is 17.9 Å². The second-order valence-corrected chi connectivity index (χ2v) is 8.30. The molecule has 5 rings (SSSR count). The number of nitrogens with zero attached hydrogens (tertiary/aromatic N) is 1. The number of aryl methyl sites for hydroxylation is 1. The van der Waals surface area contributed by atoms with Crippen molar-refractivity contribution in [3.05, 3.63) is 108 Å². The third-order valence-corrected chi connectivity index (χ3v) is 5.62. The predicted octanol–water partition coefficient (Wildman–Crippen LogP) is 6.01. The number of carbonyl (C=O) groups is 1. The summed E-state index contributed by atoms with van der Waals surface area (Å²) in [5.41, 5.74) is 5.25. The maximum Gasteiger partial charge on any atom is 0.258 e. The van der Waals surface area contributed by atoms with Crippen LogP contribution in [-0.4, -0.2) is 16.0 Å². The highest BCUT2D eigenvalue weighted by atomic mass is 32.1. The van der Waals surface area contributed by atoms with Crippen LogP contribution in [0.15, 0.2) is 89.3 Å². The van der Waals surface area contributed by atoms with Crippen LogP contribution in [0, 0.1) is 6.92 Å². The molecule has 5 aromatic rings. The molecule has 0 saturated heterocycles. The number of anilines is 1. The molecule has 0 atom stereocenters. The van der Waals surface area contributed by atoms with Crippen molar-refractivity contribution in [2.45, 2.75) is 13.3 Å². The van der Waals surface area contributed by atoms with Gasteiger partial charge in [-0.15, -0.1) is 0 Å². The van der Waals surface area contributed by atoms with Gasteiger partial charge in [0.05, 0.1) is 0 Å². The van der Waals surface area contributed by atoms with Gasteiger partial charge in [-0.3, -0.25) is 10.1 Å². The third kappa shape index (κ3) is 4.61. The molecule has 0 bridgehead atoms. The second kappa shape index (κ2) is 8.84. The highest BCUT2D eigenvalue weighted by molar-refractivity contribution is 7.80. The van der Waals surface area contributed by atoms with E-state index < -0.39 is 0 Å². The minimum atomic E-state index is -0.243. The summed E-state index contributed by atoms with van der Waals surface area (Å²) < 4.78 is 5.84. The minimum Gasteiger partial charge on any atom is -0.440 e. The van der Waals surface area contributed by atoms with Crippen LogP contribution in [0.1, 0.15) is 27.4 Å². The molecular weight excluding hydrogens is 430 g/mol. The van der Waals surface area contributed by atoms with Crippen molar-refractivity contribution in [1.29, 1.82) is 0 Å². The molecule has 0 aliphatic rings. The summed E-state index contributed by atoms with van der Waals surface area (Å²) in [6.07, 6.45) is 0.594. The number of nitrogens with one attached hydrogen (secondary N) is 2. The number of rotatable bonds is 4. The van der Waals surface area contributed by atoms with Gasteiger partial charge in [-0.25, -0.2) is 4.98 Å². The number of thiocarbonyl (C=S) groups is 1. The highest BCUT2D eigenvalue weighted by Crippen LogP contribution is 2.21. The normalized spacial score (nSPS) is 10.9. The van der Waals surface area contributed by atoms with Gasteiger partial charge < -0.3 is 9.73 Å².